The third-order valence-electron chi connectivity index (χ3n) is 1.22. The normalized spacial score (nSPS) is 8.92. The van der Waals surface area contributed by atoms with Crippen LogP contribution < -0.4 is 0 Å². The first kappa shape index (κ1) is 8.98. The molecule has 0 aliphatic heterocycles. The average molecular weight is 181 g/mol. The molecule has 0 saturated heterocycles. The molecule has 0 spiro atoms. The minimum absolute atomic E-state index is 0.963. The molecular formula is C7H7N3O3. The maximum absolute atomic E-state index is 8.56. The molecule has 68 valence electrons. The summed E-state index contributed by atoms with van der Waals surface area (Å²) in [5.41, 5.74) is 1.95. The SMILES string of the molecule is O=C(O)O.c1ncc2[nH]ccc2n1. The fraction of sp³-hybridized carbons (Fsp3) is 0. The number of aromatic nitrogens is 3. The molecule has 0 bridgehead atoms. The van der Waals surface area contributed by atoms with Crippen LogP contribution in [-0.4, -0.2) is 31.3 Å². The van der Waals surface area contributed by atoms with Crippen LogP contribution in [0.15, 0.2) is 24.8 Å². The van der Waals surface area contributed by atoms with Gasteiger partial charge >= 0.3 is 6.16 Å². The van der Waals surface area contributed by atoms with Gasteiger partial charge in [0.25, 0.3) is 0 Å². The van der Waals surface area contributed by atoms with Crippen molar-refractivity contribution in [3.8, 4) is 0 Å². The minimum Gasteiger partial charge on any atom is -0.450 e. The van der Waals surface area contributed by atoms with E-state index in [0.717, 1.165) is 11.0 Å². The van der Waals surface area contributed by atoms with Crippen LogP contribution in [0.5, 0.6) is 0 Å². The summed E-state index contributed by atoms with van der Waals surface area (Å²) in [5.74, 6) is 0. The van der Waals surface area contributed by atoms with E-state index in [-0.39, 0.29) is 0 Å². The molecule has 0 aromatic carbocycles. The minimum atomic E-state index is -1.83. The Kier molecular flexibility index (Phi) is 2.80. The fourth-order valence-corrected chi connectivity index (χ4v) is 0.793. The first-order valence-electron chi connectivity index (χ1n) is 3.35. The molecule has 0 saturated carbocycles. The highest BCUT2D eigenvalue weighted by Gasteiger charge is 1.89. The van der Waals surface area contributed by atoms with Gasteiger partial charge in [0.05, 0.1) is 17.2 Å². The standard InChI is InChI=1S/C6H5N3.CH2O3/c1-2-8-6-3-7-4-9-5(1)6;2-1(3)4/h1-4,8H;(H2,2,3,4). The number of carboxylic acid groups (broad SMARTS) is 2. The Morgan fingerprint density at radius 1 is 1.46 bits per heavy atom. The van der Waals surface area contributed by atoms with Gasteiger partial charge in [-0.25, -0.2) is 14.8 Å². The lowest BCUT2D eigenvalue weighted by atomic mass is 10.5. The second-order valence-corrected chi connectivity index (χ2v) is 2.08. The smallest absolute Gasteiger partial charge is 0.450 e. The van der Waals surface area contributed by atoms with E-state index in [1.54, 1.807) is 6.20 Å². The van der Waals surface area contributed by atoms with Crippen molar-refractivity contribution >= 4 is 17.2 Å². The second kappa shape index (κ2) is 4.05. The van der Waals surface area contributed by atoms with Crippen molar-refractivity contribution in [2.45, 2.75) is 0 Å². The number of rotatable bonds is 0. The van der Waals surface area contributed by atoms with E-state index in [0.29, 0.717) is 0 Å². The summed E-state index contributed by atoms with van der Waals surface area (Å²) in [6.07, 6.45) is 3.30. The number of fused-ring (bicyclic) bond motifs is 1. The molecule has 13 heavy (non-hydrogen) atoms. The van der Waals surface area contributed by atoms with Crippen LogP contribution in [-0.2, 0) is 0 Å². The second-order valence-electron chi connectivity index (χ2n) is 2.08. The van der Waals surface area contributed by atoms with Crippen LogP contribution in [0, 0.1) is 0 Å². The number of hydrogen-bond acceptors (Lipinski definition) is 3. The Labute approximate surface area is 72.9 Å². The van der Waals surface area contributed by atoms with Gasteiger partial charge in [-0.1, -0.05) is 0 Å². The van der Waals surface area contributed by atoms with Crippen LogP contribution in [0.4, 0.5) is 4.79 Å². The number of hydrogen-bond donors (Lipinski definition) is 3. The molecule has 0 unspecified atom stereocenters. The summed E-state index contributed by atoms with van der Waals surface area (Å²) >= 11 is 0. The van der Waals surface area contributed by atoms with Crippen LogP contribution in [0.3, 0.4) is 0 Å². The molecule has 2 aromatic heterocycles. The van der Waals surface area contributed by atoms with Gasteiger partial charge in [-0.3, -0.25) is 0 Å². The van der Waals surface area contributed by atoms with E-state index in [2.05, 4.69) is 15.0 Å². The number of nitrogens with zero attached hydrogens (tertiary/aromatic N) is 2. The van der Waals surface area contributed by atoms with Crippen molar-refractivity contribution in [1.82, 2.24) is 15.0 Å². The van der Waals surface area contributed by atoms with Crippen LogP contribution in [0.1, 0.15) is 0 Å². The zero-order valence-corrected chi connectivity index (χ0v) is 6.51. The van der Waals surface area contributed by atoms with Crippen LogP contribution >= 0.6 is 0 Å². The van der Waals surface area contributed by atoms with Crippen molar-refractivity contribution in [2.24, 2.45) is 0 Å². The molecule has 3 N–H and O–H groups in total. The van der Waals surface area contributed by atoms with Gasteiger partial charge in [0.1, 0.15) is 6.33 Å². The molecular weight excluding hydrogens is 174 g/mol. The molecule has 0 amide bonds. The molecule has 0 fully saturated rings. The molecule has 2 rings (SSSR count). The van der Waals surface area contributed by atoms with Crippen molar-refractivity contribution in [1.29, 1.82) is 0 Å². The largest absolute Gasteiger partial charge is 0.503 e. The Morgan fingerprint density at radius 3 is 2.77 bits per heavy atom. The van der Waals surface area contributed by atoms with Crippen molar-refractivity contribution in [3.63, 3.8) is 0 Å². The molecule has 0 radical (unpaired) electrons. The highest BCUT2D eigenvalue weighted by atomic mass is 16.6. The molecule has 2 aromatic rings. The van der Waals surface area contributed by atoms with Gasteiger partial charge in [-0.05, 0) is 6.07 Å². The highest BCUT2D eigenvalue weighted by Crippen LogP contribution is 2.03. The summed E-state index contributed by atoms with van der Waals surface area (Å²) in [7, 11) is 0. The first-order valence-corrected chi connectivity index (χ1v) is 3.35. The average Bonchev–Trinajstić information content (AvgIpc) is 2.49. The van der Waals surface area contributed by atoms with Gasteiger partial charge in [-0.2, -0.15) is 0 Å². The molecule has 0 atom stereocenters. The van der Waals surface area contributed by atoms with E-state index in [9.17, 15) is 0 Å². The van der Waals surface area contributed by atoms with Crippen molar-refractivity contribution in [3.05, 3.63) is 24.8 Å². The Hall–Kier alpha value is -2.11. The third kappa shape index (κ3) is 2.78. The van der Waals surface area contributed by atoms with Gasteiger partial charge in [0, 0.05) is 6.20 Å². The zero-order valence-electron chi connectivity index (χ0n) is 6.51. The zero-order chi connectivity index (χ0) is 9.68. The van der Waals surface area contributed by atoms with Crippen LogP contribution in [0.25, 0.3) is 11.0 Å². The Bertz CT molecular complexity index is 364. The topological polar surface area (TPSA) is 99.1 Å². The highest BCUT2D eigenvalue weighted by molar-refractivity contribution is 5.72. The molecule has 2 heterocycles. The molecule has 6 heteroatoms. The number of aromatic amines is 1. The van der Waals surface area contributed by atoms with Crippen molar-refractivity contribution < 1.29 is 15.0 Å². The van der Waals surface area contributed by atoms with E-state index < -0.39 is 6.16 Å². The summed E-state index contributed by atoms with van der Waals surface area (Å²) in [5, 5.41) is 13.9. The lowest BCUT2D eigenvalue weighted by molar-refractivity contribution is 0.137. The number of nitrogens with one attached hydrogen (secondary N) is 1. The van der Waals surface area contributed by atoms with E-state index in [1.165, 1.54) is 6.33 Å². The van der Waals surface area contributed by atoms with E-state index in [4.69, 9.17) is 15.0 Å². The monoisotopic (exact) mass is 181 g/mol. The summed E-state index contributed by atoms with van der Waals surface area (Å²) < 4.78 is 0. The van der Waals surface area contributed by atoms with E-state index in [1.807, 2.05) is 12.3 Å². The lowest BCUT2D eigenvalue weighted by Gasteiger charge is -1.82. The maximum Gasteiger partial charge on any atom is 0.503 e. The Morgan fingerprint density at radius 2 is 2.15 bits per heavy atom. The number of H-pyrrole nitrogens is 1. The molecule has 0 aliphatic rings. The summed E-state index contributed by atoms with van der Waals surface area (Å²) in [6, 6.07) is 1.91. The van der Waals surface area contributed by atoms with E-state index >= 15 is 0 Å². The molecule has 6 nitrogen and oxygen atoms in total. The van der Waals surface area contributed by atoms with Gasteiger partial charge in [0.2, 0.25) is 0 Å². The van der Waals surface area contributed by atoms with Gasteiger partial charge in [0.15, 0.2) is 0 Å². The fourth-order valence-electron chi connectivity index (χ4n) is 0.793. The summed E-state index contributed by atoms with van der Waals surface area (Å²) in [6.45, 7) is 0. The maximum atomic E-state index is 8.56. The predicted molar refractivity (Wildman–Crippen MR) is 44.5 cm³/mol. The van der Waals surface area contributed by atoms with Crippen molar-refractivity contribution in [2.75, 3.05) is 0 Å². The molecule has 0 aliphatic carbocycles. The van der Waals surface area contributed by atoms with Gasteiger partial charge in [-0.15, -0.1) is 0 Å². The van der Waals surface area contributed by atoms with Crippen LogP contribution in [0.2, 0.25) is 0 Å². The van der Waals surface area contributed by atoms with Gasteiger partial charge < -0.3 is 15.2 Å². The quantitative estimate of drug-likeness (QED) is 0.566. The third-order valence-corrected chi connectivity index (χ3v) is 1.22. The predicted octanol–water partition coefficient (Wildman–Crippen LogP) is 1.18. The first-order chi connectivity index (χ1) is 6.20. The number of carbonyl (C=O) groups is 1. The summed E-state index contributed by atoms with van der Waals surface area (Å²) in [4.78, 5) is 19.4. The Balaban J connectivity index is 0.000000184. The lowest BCUT2D eigenvalue weighted by Crippen LogP contribution is -1.81.